The molecular formula is C12H16O3. The van der Waals surface area contributed by atoms with Gasteiger partial charge in [0.25, 0.3) is 0 Å². The van der Waals surface area contributed by atoms with E-state index in [1.807, 2.05) is 6.92 Å². The Morgan fingerprint density at radius 3 is 2.53 bits per heavy atom. The molecule has 0 saturated heterocycles. The van der Waals surface area contributed by atoms with Gasteiger partial charge in [-0.1, -0.05) is 6.92 Å². The van der Waals surface area contributed by atoms with E-state index in [9.17, 15) is 9.59 Å². The van der Waals surface area contributed by atoms with E-state index in [0.717, 1.165) is 19.1 Å². The molecule has 82 valence electrons. The van der Waals surface area contributed by atoms with Gasteiger partial charge in [-0.3, -0.25) is 4.79 Å². The summed E-state index contributed by atoms with van der Waals surface area (Å²) in [5.74, 6) is 5.08. The van der Waals surface area contributed by atoms with E-state index < -0.39 is 11.4 Å². The lowest BCUT2D eigenvalue weighted by atomic mass is 9.72. The molecule has 0 radical (unpaired) electrons. The number of rotatable bonds is 4. The molecule has 3 nitrogen and oxygen atoms in total. The lowest BCUT2D eigenvalue weighted by molar-refractivity contribution is -0.158. The Bertz CT molecular complexity index is 331. The fraction of sp³-hybridized carbons (Fsp3) is 0.667. The van der Waals surface area contributed by atoms with Crippen molar-refractivity contribution < 1.29 is 14.3 Å². The molecule has 0 heterocycles. The van der Waals surface area contributed by atoms with Gasteiger partial charge in [0, 0.05) is 6.42 Å². The van der Waals surface area contributed by atoms with E-state index in [1.54, 1.807) is 6.92 Å². The van der Waals surface area contributed by atoms with Crippen LogP contribution in [-0.2, 0) is 14.3 Å². The summed E-state index contributed by atoms with van der Waals surface area (Å²) >= 11 is 0. The van der Waals surface area contributed by atoms with Crippen LogP contribution >= 0.6 is 0 Å². The predicted octanol–water partition coefficient (Wildman–Crippen LogP) is 1.56. The summed E-state index contributed by atoms with van der Waals surface area (Å²) in [5.41, 5.74) is -1.32. The van der Waals surface area contributed by atoms with Gasteiger partial charge >= 0.3 is 5.97 Å². The second-order valence-corrected chi connectivity index (χ2v) is 4.24. The molecule has 0 aromatic carbocycles. The van der Waals surface area contributed by atoms with Crippen LogP contribution in [0.2, 0.25) is 0 Å². The SMILES string of the molecule is CC#CCC(C=O)(C(=O)OC)C1(C)CC1. The van der Waals surface area contributed by atoms with E-state index in [4.69, 9.17) is 4.74 Å². The first-order valence-corrected chi connectivity index (χ1v) is 5.01. The average molecular weight is 208 g/mol. The van der Waals surface area contributed by atoms with Gasteiger partial charge in [0.05, 0.1) is 7.11 Å². The normalized spacial score (nSPS) is 20.5. The maximum atomic E-state index is 11.7. The molecule has 0 aliphatic heterocycles. The van der Waals surface area contributed by atoms with Crippen LogP contribution in [-0.4, -0.2) is 19.4 Å². The van der Waals surface area contributed by atoms with Crippen LogP contribution in [0, 0.1) is 22.7 Å². The summed E-state index contributed by atoms with van der Waals surface area (Å²) in [7, 11) is 1.31. The summed E-state index contributed by atoms with van der Waals surface area (Å²) in [6.45, 7) is 3.64. The molecule has 1 saturated carbocycles. The van der Waals surface area contributed by atoms with Gasteiger partial charge in [0.15, 0.2) is 0 Å². The van der Waals surface area contributed by atoms with Crippen molar-refractivity contribution in [3.63, 3.8) is 0 Å². The van der Waals surface area contributed by atoms with Gasteiger partial charge in [-0.2, -0.15) is 0 Å². The molecule has 0 aromatic rings. The first-order valence-electron chi connectivity index (χ1n) is 5.01. The number of carbonyl (C=O) groups is 2. The van der Waals surface area contributed by atoms with Gasteiger partial charge in [0.1, 0.15) is 11.7 Å². The number of hydrogen-bond donors (Lipinski definition) is 0. The van der Waals surface area contributed by atoms with Crippen molar-refractivity contribution in [3.05, 3.63) is 0 Å². The maximum Gasteiger partial charge on any atom is 0.320 e. The second kappa shape index (κ2) is 4.06. The largest absolute Gasteiger partial charge is 0.468 e. The molecule has 0 bridgehead atoms. The van der Waals surface area contributed by atoms with Crippen LogP contribution in [0.1, 0.15) is 33.1 Å². The third-order valence-electron chi connectivity index (χ3n) is 3.37. The van der Waals surface area contributed by atoms with E-state index in [-0.39, 0.29) is 11.8 Å². The second-order valence-electron chi connectivity index (χ2n) is 4.24. The van der Waals surface area contributed by atoms with Crippen LogP contribution in [0.5, 0.6) is 0 Å². The first kappa shape index (κ1) is 11.8. The third kappa shape index (κ3) is 1.77. The standard InChI is InChI=1S/C12H16O3/c1-4-5-6-12(9-13,10(14)15-3)11(2)7-8-11/h9H,6-8H2,1-3H3. The van der Waals surface area contributed by atoms with Crippen molar-refractivity contribution in [2.75, 3.05) is 7.11 Å². The van der Waals surface area contributed by atoms with Crippen LogP contribution < -0.4 is 0 Å². The van der Waals surface area contributed by atoms with E-state index in [2.05, 4.69) is 11.8 Å². The molecule has 1 aliphatic rings. The highest BCUT2D eigenvalue weighted by Crippen LogP contribution is 2.59. The predicted molar refractivity (Wildman–Crippen MR) is 55.9 cm³/mol. The number of hydrogen-bond acceptors (Lipinski definition) is 3. The Morgan fingerprint density at radius 2 is 2.20 bits per heavy atom. The van der Waals surface area contributed by atoms with Gasteiger partial charge in [-0.05, 0) is 25.2 Å². The minimum atomic E-state index is -1.06. The Hall–Kier alpha value is -1.30. The fourth-order valence-corrected chi connectivity index (χ4v) is 1.81. The Morgan fingerprint density at radius 1 is 1.60 bits per heavy atom. The zero-order chi connectivity index (χ0) is 11.5. The van der Waals surface area contributed by atoms with Crippen LogP contribution in [0.4, 0.5) is 0 Å². The molecule has 1 rings (SSSR count). The zero-order valence-electron chi connectivity index (χ0n) is 9.42. The molecule has 1 atom stereocenters. The molecule has 0 spiro atoms. The number of aldehydes is 1. The van der Waals surface area contributed by atoms with Gasteiger partial charge in [-0.25, -0.2) is 0 Å². The summed E-state index contributed by atoms with van der Waals surface area (Å²) in [5, 5.41) is 0. The summed E-state index contributed by atoms with van der Waals surface area (Å²) < 4.78 is 4.73. The van der Waals surface area contributed by atoms with E-state index in [0.29, 0.717) is 0 Å². The number of esters is 1. The highest BCUT2D eigenvalue weighted by molar-refractivity contribution is 5.95. The van der Waals surface area contributed by atoms with Crippen molar-refractivity contribution in [1.29, 1.82) is 0 Å². The number of carbonyl (C=O) groups excluding carboxylic acids is 2. The highest BCUT2D eigenvalue weighted by Gasteiger charge is 2.60. The fourth-order valence-electron chi connectivity index (χ4n) is 1.81. The van der Waals surface area contributed by atoms with E-state index in [1.165, 1.54) is 7.11 Å². The Balaban J connectivity index is 3.05. The maximum absolute atomic E-state index is 11.7. The average Bonchev–Trinajstić information content (AvgIpc) is 2.99. The first-order chi connectivity index (χ1) is 7.06. The van der Waals surface area contributed by atoms with Crippen molar-refractivity contribution in [2.24, 2.45) is 10.8 Å². The highest BCUT2D eigenvalue weighted by atomic mass is 16.5. The lowest BCUT2D eigenvalue weighted by Crippen LogP contribution is -2.41. The van der Waals surface area contributed by atoms with Crippen molar-refractivity contribution >= 4 is 12.3 Å². The van der Waals surface area contributed by atoms with Crippen molar-refractivity contribution in [3.8, 4) is 11.8 Å². The Labute approximate surface area is 90.2 Å². The van der Waals surface area contributed by atoms with Crippen LogP contribution in [0.3, 0.4) is 0 Å². The van der Waals surface area contributed by atoms with Gasteiger partial charge < -0.3 is 9.53 Å². The molecule has 0 N–H and O–H groups in total. The molecule has 3 heteroatoms. The summed E-state index contributed by atoms with van der Waals surface area (Å²) in [6.07, 6.45) is 2.74. The molecule has 1 unspecified atom stereocenters. The van der Waals surface area contributed by atoms with Gasteiger partial charge in [0.2, 0.25) is 0 Å². The molecule has 1 fully saturated rings. The number of methoxy groups -OCH3 is 1. The van der Waals surface area contributed by atoms with Crippen LogP contribution in [0.25, 0.3) is 0 Å². The molecule has 1 aliphatic carbocycles. The summed E-state index contributed by atoms with van der Waals surface area (Å²) in [4.78, 5) is 23.0. The van der Waals surface area contributed by atoms with Gasteiger partial charge in [-0.15, -0.1) is 11.8 Å². The lowest BCUT2D eigenvalue weighted by Gasteiger charge is -2.29. The molecule has 15 heavy (non-hydrogen) atoms. The number of ether oxygens (including phenoxy) is 1. The topological polar surface area (TPSA) is 43.4 Å². The quantitative estimate of drug-likeness (QED) is 0.305. The third-order valence-corrected chi connectivity index (χ3v) is 3.37. The monoisotopic (exact) mass is 208 g/mol. The minimum absolute atomic E-state index is 0.258. The molecule has 0 amide bonds. The Kier molecular flexibility index (Phi) is 3.18. The van der Waals surface area contributed by atoms with Crippen molar-refractivity contribution in [1.82, 2.24) is 0 Å². The van der Waals surface area contributed by atoms with E-state index >= 15 is 0 Å². The molecule has 0 aromatic heterocycles. The molecular weight excluding hydrogens is 192 g/mol. The van der Waals surface area contributed by atoms with Crippen molar-refractivity contribution in [2.45, 2.75) is 33.1 Å². The zero-order valence-corrected chi connectivity index (χ0v) is 9.42. The van der Waals surface area contributed by atoms with Crippen LogP contribution in [0.15, 0.2) is 0 Å². The smallest absolute Gasteiger partial charge is 0.320 e. The summed E-state index contributed by atoms with van der Waals surface area (Å²) in [6, 6.07) is 0. The minimum Gasteiger partial charge on any atom is -0.468 e.